The Hall–Kier alpha value is -2.76. The van der Waals surface area contributed by atoms with E-state index in [1.165, 1.54) is 18.4 Å². The number of nitrogens with one attached hydrogen (secondary N) is 2. The second kappa shape index (κ2) is 7.23. The van der Waals surface area contributed by atoms with E-state index in [0.717, 1.165) is 36.2 Å². The summed E-state index contributed by atoms with van der Waals surface area (Å²) in [5.74, 6) is 2.51. The number of aromatic nitrogens is 1. The molecule has 4 rings (SSSR count). The summed E-state index contributed by atoms with van der Waals surface area (Å²) in [5.41, 5.74) is 2.42. The molecular weight excluding hydrogens is 328 g/mol. The molecule has 0 bridgehead atoms. The van der Waals surface area contributed by atoms with Crippen molar-refractivity contribution in [1.82, 2.24) is 15.6 Å². The van der Waals surface area contributed by atoms with E-state index in [0.29, 0.717) is 13.3 Å². The molecule has 1 aliphatic heterocycles. The molecule has 0 radical (unpaired) electrons. The van der Waals surface area contributed by atoms with Crippen LogP contribution in [0.25, 0.3) is 0 Å². The highest BCUT2D eigenvalue weighted by Crippen LogP contribution is 2.49. The fourth-order valence-corrected chi connectivity index (χ4v) is 3.19. The van der Waals surface area contributed by atoms with Crippen LogP contribution in [0.3, 0.4) is 0 Å². The maximum absolute atomic E-state index is 5.53. The Bertz CT molecular complexity index is 788. The molecule has 0 unspecified atom stereocenters. The molecule has 2 N–H and O–H groups in total. The van der Waals surface area contributed by atoms with Crippen molar-refractivity contribution in [3.05, 3.63) is 53.9 Å². The van der Waals surface area contributed by atoms with Gasteiger partial charge in [-0.1, -0.05) is 12.1 Å². The van der Waals surface area contributed by atoms with E-state index in [1.807, 2.05) is 24.3 Å². The van der Waals surface area contributed by atoms with E-state index in [2.05, 4.69) is 39.7 Å². The predicted molar refractivity (Wildman–Crippen MR) is 101 cm³/mol. The lowest BCUT2D eigenvalue weighted by molar-refractivity contribution is 0.174. The molecule has 26 heavy (non-hydrogen) atoms. The van der Waals surface area contributed by atoms with Gasteiger partial charge in [0.1, 0.15) is 0 Å². The van der Waals surface area contributed by atoms with Gasteiger partial charge >= 0.3 is 0 Å². The molecule has 1 aromatic heterocycles. The molecule has 2 aliphatic rings. The number of benzene rings is 1. The summed E-state index contributed by atoms with van der Waals surface area (Å²) in [7, 11) is 0. The highest BCUT2D eigenvalue weighted by Gasteiger charge is 2.44. The summed E-state index contributed by atoms with van der Waals surface area (Å²) in [4.78, 5) is 8.98. The topological polar surface area (TPSA) is 67.8 Å². The molecule has 1 aliphatic carbocycles. The van der Waals surface area contributed by atoms with Gasteiger partial charge < -0.3 is 20.1 Å². The smallest absolute Gasteiger partial charge is 0.231 e. The van der Waals surface area contributed by atoms with E-state index in [9.17, 15) is 0 Å². The molecule has 0 amide bonds. The monoisotopic (exact) mass is 352 g/mol. The Labute approximate surface area is 153 Å². The Kier molecular flexibility index (Phi) is 4.65. The maximum atomic E-state index is 5.53. The average molecular weight is 352 g/mol. The minimum absolute atomic E-state index is 0.155. The van der Waals surface area contributed by atoms with Crippen molar-refractivity contribution in [2.24, 2.45) is 4.99 Å². The fraction of sp³-hybridized carbons (Fsp3) is 0.400. The van der Waals surface area contributed by atoms with Gasteiger partial charge in [-0.05, 0) is 49.6 Å². The van der Waals surface area contributed by atoms with Crippen LogP contribution in [0.4, 0.5) is 0 Å². The first kappa shape index (κ1) is 16.7. The zero-order valence-corrected chi connectivity index (χ0v) is 15.0. The molecule has 2 aromatic rings. The Morgan fingerprint density at radius 2 is 2.04 bits per heavy atom. The number of guanidine groups is 1. The third-order valence-electron chi connectivity index (χ3n) is 4.90. The largest absolute Gasteiger partial charge is 0.454 e. The number of hydrogen-bond acceptors (Lipinski definition) is 4. The summed E-state index contributed by atoms with van der Waals surface area (Å²) in [6.07, 6.45) is 4.13. The van der Waals surface area contributed by atoms with Crippen LogP contribution < -0.4 is 20.1 Å². The second-order valence-electron chi connectivity index (χ2n) is 6.72. The lowest BCUT2D eigenvalue weighted by Crippen LogP contribution is -2.41. The summed E-state index contributed by atoms with van der Waals surface area (Å²) in [6, 6.07) is 12.2. The molecule has 1 aromatic carbocycles. The van der Waals surface area contributed by atoms with E-state index in [-0.39, 0.29) is 5.41 Å². The molecular formula is C20H24N4O2. The first-order chi connectivity index (χ1) is 12.8. The third-order valence-corrected chi connectivity index (χ3v) is 4.90. The normalized spacial score (nSPS) is 17.0. The molecule has 6 nitrogen and oxygen atoms in total. The Morgan fingerprint density at radius 1 is 1.15 bits per heavy atom. The van der Waals surface area contributed by atoms with Crippen LogP contribution >= 0.6 is 0 Å². The van der Waals surface area contributed by atoms with Crippen molar-refractivity contribution in [3.8, 4) is 11.5 Å². The van der Waals surface area contributed by atoms with E-state index < -0.39 is 0 Å². The molecule has 1 fully saturated rings. The average Bonchev–Trinajstić information content (AvgIpc) is 3.33. The number of rotatable bonds is 6. The van der Waals surface area contributed by atoms with Crippen molar-refractivity contribution in [1.29, 1.82) is 0 Å². The van der Waals surface area contributed by atoms with Crippen LogP contribution in [-0.4, -0.2) is 30.8 Å². The zero-order chi connectivity index (χ0) is 17.8. The van der Waals surface area contributed by atoms with Crippen molar-refractivity contribution in [2.45, 2.75) is 31.7 Å². The van der Waals surface area contributed by atoms with Crippen molar-refractivity contribution < 1.29 is 9.47 Å². The van der Waals surface area contributed by atoms with Crippen LogP contribution in [0.2, 0.25) is 0 Å². The lowest BCUT2D eigenvalue weighted by atomic mass is 9.95. The van der Waals surface area contributed by atoms with Crippen LogP contribution in [0.1, 0.15) is 31.0 Å². The van der Waals surface area contributed by atoms with E-state index in [4.69, 9.17) is 9.47 Å². The van der Waals surface area contributed by atoms with E-state index in [1.54, 1.807) is 6.20 Å². The highest BCUT2D eigenvalue weighted by molar-refractivity contribution is 5.80. The highest BCUT2D eigenvalue weighted by atomic mass is 16.7. The summed E-state index contributed by atoms with van der Waals surface area (Å²) < 4.78 is 10.9. The second-order valence-corrected chi connectivity index (χ2v) is 6.72. The summed E-state index contributed by atoms with van der Waals surface area (Å²) in [6.45, 7) is 4.62. The molecule has 0 spiro atoms. The number of ether oxygens (including phenoxy) is 2. The molecule has 0 atom stereocenters. The number of fused-ring (bicyclic) bond motifs is 1. The first-order valence-electron chi connectivity index (χ1n) is 9.11. The molecule has 1 saturated carbocycles. The number of aliphatic imine (C=N–C) groups is 1. The summed E-state index contributed by atoms with van der Waals surface area (Å²) >= 11 is 0. The predicted octanol–water partition coefficient (Wildman–Crippen LogP) is 2.60. The van der Waals surface area contributed by atoms with Gasteiger partial charge in [0.05, 0.1) is 12.2 Å². The standard InChI is InChI=1S/C20H24N4O2/c1-2-21-19(23-12-16-5-3-4-10-22-16)24-13-20(8-9-20)15-6-7-17-18(11-15)26-14-25-17/h3-7,10-11H,2,8-9,12-14H2,1H3,(H2,21,23,24). The van der Waals surface area contributed by atoms with Crippen LogP contribution in [0.15, 0.2) is 47.6 Å². The third kappa shape index (κ3) is 3.59. The van der Waals surface area contributed by atoms with Gasteiger partial charge in [-0.2, -0.15) is 0 Å². The Balaban J connectivity index is 1.42. The van der Waals surface area contributed by atoms with Gasteiger partial charge in [0.15, 0.2) is 17.5 Å². The molecule has 136 valence electrons. The Morgan fingerprint density at radius 3 is 2.81 bits per heavy atom. The quantitative estimate of drug-likeness (QED) is 0.618. The number of pyridine rings is 1. The SMILES string of the molecule is CCNC(=NCc1ccccn1)NCC1(c2ccc3c(c2)OCO3)CC1. The van der Waals surface area contributed by atoms with Crippen LogP contribution in [-0.2, 0) is 12.0 Å². The summed E-state index contributed by atoms with van der Waals surface area (Å²) in [5, 5.41) is 6.81. The van der Waals surface area contributed by atoms with Crippen molar-refractivity contribution in [3.63, 3.8) is 0 Å². The van der Waals surface area contributed by atoms with E-state index >= 15 is 0 Å². The molecule has 2 heterocycles. The van der Waals surface area contributed by atoms with Gasteiger partial charge in [0.2, 0.25) is 6.79 Å². The number of hydrogen-bond donors (Lipinski definition) is 2. The van der Waals surface area contributed by atoms with Gasteiger partial charge in [0, 0.05) is 24.7 Å². The number of nitrogens with zero attached hydrogens (tertiary/aromatic N) is 2. The fourth-order valence-electron chi connectivity index (χ4n) is 3.19. The molecule has 0 saturated heterocycles. The zero-order valence-electron chi connectivity index (χ0n) is 15.0. The van der Waals surface area contributed by atoms with Crippen molar-refractivity contribution in [2.75, 3.05) is 19.9 Å². The van der Waals surface area contributed by atoms with Gasteiger partial charge in [-0.15, -0.1) is 0 Å². The van der Waals surface area contributed by atoms with Crippen LogP contribution in [0, 0.1) is 0 Å². The minimum atomic E-state index is 0.155. The van der Waals surface area contributed by atoms with Crippen LogP contribution in [0.5, 0.6) is 11.5 Å². The van der Waals surface area contributed by atoms with Crippen molar-refractivity contribution >= 4 is 5.96 Å². The first-order valence-corrected chi connectivity index (χ1v) is 9.11. The maximum Gasteiger partial charge on any atom is 0.231 e. The van der Waals surface area contributed by atoms with Gasteiger partial charge in [0.25, 0.3) is 0 Å². The molecule has 6 heteroatoms. The lowest BCUT2D eigenvalue weighted by Gasteiger charge is -2.19. The minimum Gasteiger partial charge on any atom is -0.454 e. The van der Waals surface area contributed by atoms with Gasteiger partial charge in [-0.3, -0.25) is 4.98 Å². The van der Waals surface area contributed by atoms with Gasteiger partial charge in [-0.25, -0.2) is 4.99 Å².